The summed E-state index contributed by atoms with van der Waals surface area (Å²) in [6.45, 7) is -1.34. The average molecular weight is 605 g/mol. The molecule has 19 nitrogen and oxygen atoms in total. The average Bonchev–Trinajstić information content (AvgIpc) is 2.94. The predicted molar refractivity (Wildman–Crippen MR) is 121 cm³/mol. The van der Waals surface area contributed by atoms with Crippen LogP contribution in [0.2, 0.25) is 0 Å². The van der Waals surface area contributed by atoms with Crippen molar-refractivity contribution in [1.82, 2.24) is 0 Å². The molecule has 0 radical (unpaired) electrons. The van der Waals surface area contributed by atoms with E-state index in [0.29, 0.717) is 0 Å². The van der Waals surface area contributed by atoms with Gasteiger partial charge >= 0.3 is 5.97 Å². The van der Waals surface area contributed by atoms with E-state index in [4.69, 9.17) is 37.9 Å². The Kier molecular flexibility index (Phi) is 10.9. The molecule has 0 saturated carbocycles. The third kappa shape index (κ3) is 6.81. The number of rotatable bonds is 8. The topological polar surface area (TPSA) is 293 Å². The lowest BCUT2D eigenvalue weighted by atomic mass is 9.98. The maximum absolute atomic E-state index is 11.7. The Morgan fingerprint density at radius 2 is 1.20 bits per heavy atom. The van der Waals surface area contributed by atoms with Crippen molar-refractivity contribution in [2.24, 2.45) is 0 Å². The van der Waals surface area contributed by atoms with Crippen LogP contribution in [0.1, 0.15) is 0 Å². The molecule has 0 bridgehead atoms. The normalized spacial score (nSPS) is 51.3. The molecule has 4 aliphatic heterocycles. The molecule has 0 aromatic heterocycles. The monoisotopic (exact) mass is 604 g/mol. The molecule has 19 heteroatoms. The van der Waals surface area contributed by atoms with E-state index in [1.54, 1.807) is 0 Å². The molecule has 0 spiro atoms. The molecule has 4 rings (SSSR count). The fraction of sp³-hybridized carbons (Fsp3) is 0.955. The lowest BCUT2D eigenvalue weighted by molar-refractivity contribution is -0.379. The predicted octanol–water partition coefficient (Wildman–Crippen LogP) is -7.09. The molecule has 0 aliphatic carbocycles. The highest BCUT2D eigenvalue weighted by molar-refractivity contribution is 5.73. The lowest BCUT2D eigenvalue weighted by Gasteiger charge is -2.47. The number of carbonyl (C=O) groups is 1. The van der Waals surface area contributed by atoms with E-state index in [-0.39, 0.29) is 0 Å². The van der Waals surface area contributed by atoms with Crippen LogP contribution in [-0.4, -0.2) is 188 Å². The largest absolute Gasteiger partial charge is 0.479 e. The number of aliphatic carboxylic acids is 1. The minimum absolute atomic E-state index is 0.413. The first kappa shape index (κ1) is 32.7. The van der Waals surface area contributed by atoms with Gasteiger partial charge in [-0.3, -0.25) is 0 Å². The van der Waals surface area contributed by atoms with Gasteiger partial charge in [0.15, 0.2) is 31.3 Å². The van der Waals surface area contributed by atoms with Crippen molar-refractivity contribution in [2.45, 2.75) is 105 Å². The second kappa shape index (κ2) is 13.6. The molecule has 238 valence electrons. The van der Waals surface area contributed by atoms with Crippen molar-refractivity contribution >= 4 is 5.97 Å². The molecule has 0 aromatic carbocycles. The standard InChI is InChI=1S/C22H36O19/c1-34-15-11(27)14(30)21(41-17(15)18(31)32)40-16-10(26)7(38-20-13(29)8(24)5(23)2-36-20)4-37-22(16)39-6-3-35-19(33)12(28)9(6)25/h5-17,19-30,33H,2-4H2,1H3,(H,31,32)/t5-,6-,7-,8+,9+,10+,11-,12-,13-,14-,15+,16-,17+,19-,20+,21+,22+/m1/s1. The Morgan fingerprint density at radius 3 is 1.85 bits per heavy atom. The maximum Gasteiger partial charge on any atom is 0.335 e. The summed E-state index contributed by atoms with van der Waals surface area (Å²) in [6.07, 6.45) is -28.4. The molecule has 41 heavy (non-hydrogen) atoms. The summed E-state index contributed by atoms with van der Waals surface area (Å²) in [5, 5.41) is 101. The van der Waals surface area contributed by atoms with Gasteiger partial charge < -0.3 is 89.0 Å². The van der Waals surface area contributed by atoms with Crippen LogP contribution in [-0.2, 0) is 42.7 Å². The zero-order chi connectivity index (χ0) is 30.2. The SMILES string of the molecule is CO[C@H]1[C@H](O)[C@@H](O)[C@@H](O[C@H]2[C@H](O[C@@H]3CO[C@@H](O)[C@H](O)[C@H]3O)OC[C@@H](O[C@@H]3OC[C@@H](O)[C@H](O)[C@H]3O)[C@@H]2O)O[C@@H]1C(=O)O. The molecule has 4 saturated heterocycles. The lowest BCUT2D eigenvalue weighted by Crippen LogP contribution is -2.65. The van der Waals surface area contributed by atoms with Crippen LogP contribution in [0, 0.1) is 0 Å². The number of methoxy groups -OCH3 is 1. The number of carboxylic acid groups (broad SMARTS) is 1. The van der Waals surface area contributed by atoms with Crippen molar-refractivity contribution in [3.63, 3.8) is 0 Å². The molecular weight excluding hydrogens is 568 g/mol. The Labute approximate surface area is 231 Å². The van der Waals surface area contributed by atoms with Gasteiger partial charge in [0.2, 0.25) is 0 Å². The van der Waals surface area contributed by atoms with Crippen LogP contribution in [0.25, 0.3) is 0 Å². The molecular formula is C22H36O19. The van der Waals surface area contributed by atoms with Crippen molar-refractivity contribution in [2.75, 3.05) is 26.9 Å². The van der Waals surface area contributed by atoms with Gasteiger partial charge in [0.05, 0.1) is 19.8 Å². The minimum atomic E-state index is -1.92. The molecule has 0 aromatic rings. The quantitative estimate of drug-likeness (QED) is 0.123. The van der Waals surface area contributed by atoms with Gasteiger partial charge in [0.25, 0.3) is 0 Å². The molecule has 4 fully saturated rings. The van der Waals surface area contributed by atoms with Gasteiger partial charge in [-0.25, -0.2) is 4.79 Å². The van der Waals surface area contributed by atoms with E-state index in [9.17, 15) is 55.9 Å². The van der Waals surface area contributed by atoms with Crippen molar-refractivity contribution in [3.8, 4) is 0 Å². The van der Waals surface area contributed by atoms with Gasteiger partial charge in [-0.2, -0.15) is 0 Å². The zero-order valence-corrected chi connectivity index (χ0v) is 21.6. The first-order valence-electron chi connectivity index (χ1n) is 12.7. The number of aliphatic hydroxyl groups is 9. The van der Waals surface area contributed by atoms with E-state index in [2.05, 4.69) is 0 Å². The van der Waals surface area contributed by atoms with Gasteiger partial charge in [0.1, 0.15) is 73.2 Å². The summed E-state index contributed by atoms with van der Waals surface area (Å²) >= 11 is 0. The third-order valence-electron chi connectivity index (χ3n) is 7.29. The van der Waals surface area contributed by atoms with E-state index in [0.717, 1.165) is 7.11 Å². The van der Waals surface area contributed by atoms with Crippen molar-refractivity contribution in [3.05, 3.63) is 0 Å². The fourth-order valence-electron chi connectivity index (χ4n) is 4.85. The molecule has 17 atom stereocenters. The van der Waals surface area contributed by atoms with Crippen molar-refractivity contribution in [1.29, 1.82) is 0 Å². The number of hydrogen-bond acceptors (Lipinski definition) is 18. The first-order chi connectivity index (χ1) is 19.3. The smallest absolute Gasteiger partial charge is 0.335 e. The number of aliphatic hydroxyl groups excluding tert-OH is 9. The second-order valence-corrected chi connectivity index (χ2v) is 10.0. The van der Waals surface area contributed by atoms with Gasteiger partial charge in [-0.1, -0.05) is 0 Å². The van der Waals surface area contributed by atoms with Gasteiger partial charge in [0, 0.05) is 7.11 Å². The van der Waals surface area contributed by atoms with E-state index in [1.165, 1.54) is 0 Å². The Balaban J connectivity index is 1.54. The van der Waals surface area contributed by atoms with Crippen molar-refractivity contribution < 1.29 is 93.8 Å². The van der Waals surface area contributed by atoms with Crippen LogP contribution < -0.4 is 0 Å². The van der Waals surface area contributed by atoms with E-state index in [1.807, 2.05) is 0 Å². The maximum atomic E-state index is 11.7. The zero-order valence-electron chi connectivity index (χ0n) is 21.6. The van der Waals surface area contributed by atoms with Gasteiger partial charge in [-0.05, 0) is 0 Å². The summed E-state index contributed by atoms with van der Waals surface area (Å²) in [6, 6.07) is 0. The van der Waals surface area contributed by atoms with Crippen LogP contribution >= 0.6 is 0 Å². The molecule has 0 unspecified atom stereocenters. The minimum Gasteiger partial charge on any atom is -0.479 e. The Hall–Kier alpha value is -1.21. The van der Waals surface area contributed by atoms with E-state index >= 15 is 0 Å². The summed E-state index contributed by atoms with van der Waals surface area (Å²) in [5.74, 6) is -1.56. The third-order valence-corrected chi connectivity index (χ3v) is 7.29. The van der Waals surface area contributed by atoms with Crippen LogP contribution in [0.5, 0.6) is 0 Å². The highest BCUT2D eigenvalue weighted by Gasteiger charge is 2.53. The summed E-state index contributed by atoms with van der Waals surface area (Å²) < 4.78 is 42.9. The summed E-state index contributed by atoms with van der Waals surface area (Å²) in [5.41, 5.74) is 0. The van der Waals surface area contributed by atoms with E-state index < -0.39 is 130 Å². The summed E-state index contributed by atoms with van der Waals surface area (Å²) in [7, 11) is 1.09. The fourth-order valence-corrected chi connectivity index (χ4v) is 4.85. The molecule has 0 amide bonds. The van der Waals surface area contributed by atoms with Crippen LogP contribution in [0.15, 0.2) is 0 Å². The highest BCUT2D eigenvalue weighted by atomic mass is 16.8. The number of ether oxygens (including phenoxy) is 8. The number of hydrogen-bond donors (Lipinski definition) is 10. The molecule has 10 N–H and O–H groups in total. The molecule has 4 aliphatic rings. The molecule has 4 heterocycles. The van der Waals surface area contributed by atoms with Crippen LogP contribution in [0.4, 0.5) is 0 Å². The highest BCUT2D eigenvalue weighted by Crippen LogP contribution is 2.32. The first-order valence-corrected chi connectivity index (χ1v) is 12.7. The second-order valence-electron chi connectivity index (χ2n) is 10.0. The van der Waals surface area contributed by atoms with Crippen LogP contribution in [0.3, 0.4) is 0 Å². The Morgan fingerprint density at radius 1 is 0.610 bits per heavy atom. The number of carboxylic acids is 1. The Bertz CT molecular complexity index is 865. The summed E-state index contributed by atoms with van der Waals surface area (Å²) in [4.78, 5) is 11.7. The van der Waals surface area contributed by atoms with Gasteiger partial charge in [-0.15, -0.1) is 0 Å².